The molecule has 1 heterocycles. The maximum atomic E-state index is 12.2. The first-order chi connectivity index (χ1) is 9.29. The number of carboxylic acid groups (broad SMARTS) is 1. The van der Waals surface area contributed by atoms with E-state index in [2.05, 4.69) is 9.71 Å². The summed E-state index contributed by atoms with van der Waals surface area (Å²) >= 11 is 0.770. The highest BCUT2D eigenvalue weighted by molar-refractivity contribution is 7.94. The Morgan fingerprint density at radius 1 is 1.25 bits per heavy atom. The Balaban J connectivity index is 2.41. The van der Waals surface area contributed by atoms with Crippen LogP contribution in [0, 0.1) is 13.8 Å². The molecule has 0 aliphatic heterocycles. The molecule has 2 rings (SSSR count). The number of anilines is 1. The normalized spacial score (nSPS) is 11.3. The van der Waals surface area contributed by atoms with Gasteiger partial charge in [0.1, 0.15) is 0 Å². The van der Waals surface area contributed by atoms with Crippen molar-refractivity contribution >= 4 is 33.0 Å². The van der Waals surface area contributed by atoms with E-state index in [0.717, 1.165) is 22.5 Å². The second-order valence-electron chi connectivity index (χ2n) is 4.28. The van der Waals surface area contributed by atoms with Gasteiger partial charge >= 0.3 is 5.97 Å². The van der Waals surface area contributed by atoms with Crippen LogP contribution in [0.25, 0.3) is 0 Å². The highest BCUT2D eigenvalue weighted by atomic mass is 32.2. The predicted octanol–water partition coefficient (Wildman–Crippen LogP) is 2.26. The van der Waals surface area contributed by atoms with Gasteiger partial charge in [0.2, 0.25) is 0 Å². The molecule has 8 heteroatoms. The molecule has 0 unspecified atom stereocenters. The molecule has 20 heavy (non-hydrogen) atoms. The van der Waals surface area contributed by atoms with Gasteiger partial charge in [-0.2, -0.15) is 0 Å². The van der Waals surface area contributed by atoms with E-state index >= 15 is 0 Å². The number of carbonyl (C=O) groups is 1. The smallest absolute Gasteiger partial charge is 0.356 e. The van der Waals surface area contributed by atoms with Crippen LogP contribution in [0.2, 0.25) is 0 Å². The van der Waals surface area contributed by atoms with Crippen LogP contribution in [0.5, 0.6) is 0 Å². The summed E-state index contributed by atoms with van der Waals surface area (Å²) in [6, 6.07) is 5.26. The van der Waals surface area contributed by atoms with Crippen LogP contribution >= 0.6 is 11.3 Å². The van der Waals surface area contributed by atoms with Gasteiger partial charge in [0.05, 0.1) is 5.51 Å². The van der Waals surface area contributed by atoms with E-state index in [-0.39, 0.29) is 4.21 Å². The highest BCUT2D eigenvalue weighted by Gasteiger charge is 2.25. The Kier molecular flexibility index (Phi) is 3.78. The summed E-state index contributed by atoms with van der Waals surface area (Å²) in [5, 5.41) is 8.92. The third-order valence-electron chi connectivity index (χ3n) is 2.46. The molecule has 0 saturated heterocycles. The number of rotatable bonds is 4. The molecule has 0 aliphatic carbocycles. The fourth-order valence-corrected chi connectivity index (χ4v) is 3.99. The molecule has 2 aromatic rings. The topological polar surface area (TPSA) is 96.4 Å². The minimum atomic E-state index is -3.95. The number of sulfonamides is 1. The van der Waals surface area contributed by atoms with E-state index in [0.29, 0.717) is 5.69 Å². The lowest BCUT2D eigenvalue weighted by atomic mass is 10.1. The Bertz CT molecular complexity index is 745. The number of carboxylic acids is 1. The first kappa shape index (κ1) is 14.5. The summed E-state index contributed by atoms with van der Waals surface area (Å²) in [7, 11) is -3.95. The SMILES string of the molecule is Cc1cc(C)cc(NS(=O)(=O)c2scnc2C(=O)O)c1. The fourth-order valence-electron chi connectivity index (χ4n) is 1.80. The molecule has 1 aromatic heterocycles. The van der Waals surface area contributed by atoms with E-state index in [1.54, 1.807) is 12.1 Å². The van der Waals surface area contributed by atoms with E-state index < -0.39 is 21.7 Å². The molecule has 1 aromatic carbocycles. The van der Waals surface area contributed by atoms with Crippen LogP contribution in [-0.4, -0.2) is 24.5 Å². The molecule has 2 N–H and O–H groups in total. The number of nitrogens with zero attached hydrogens (tertiary/aromatic N) is 1. The summed E-state index contributed by atoms with van der Waals surface area (Å²) in [4.78, 5) is 14.5. The van der Waals surface area contributed by atoms with E-state index in [9.17, 15) is 13.2 Å². The van der Waals surface area contributed by atoms with Crippen molar-refractivity contribution in [2.75, 3.05) is 4.72 Å². The Morgan fingerprint density at radius 2 is 1.85 bits per heavy atom. The van der Waals surface area contributed by atoms with Crippen LogP contribution < -0.4 is 4.72 Å². The zero-order valence-electron chi connectivity index (χ0n) is 10.7. The molecule has 6 nitrogen and oxygen atoms in total. The molecule has 0 spiro atoms. The Morgan fingerprint density at radius 3 is 2.40 bits per heavy atom. The quantitative estimate of drug-likeness (QED) is 0.902. The second kappa shape index (κ2) is 5.22. The number of aryl methyl sites for hydroxylation is 2. The highest BCUT2D eigenvalue weighted by Crippen LogP contribution is 2.24. The first-order valence-corrected chi connectivity index (χ1v) is 7.94. The van der Waals surface area contributed by atoms with Crippen molar-refractivity contribution in [3.8, 4) is 0 Å². The minimum Gasteiger partial charge on any atom is -0.476 e. The average Bonchev–Trinajstić information content (AvgIpc) is 2.75. The van der Waals surface area contributed by atoms with Crippen LogP contribution in [0.15, 0.2) is 27.9 Å². The van der Waals surface area contributed by atoms with Crippen molar-refractivity contribution in [2.45, 2.75) is 18.1 Å². The van der Waals surface area contributed by atoms with Crippen molar-refractivity contribution < 1.29 is 18.3 Å². The van der Waals surface area contributed by atoms with Gasteiger partial charge in [-0.1, -0.05) is 6.07 Å². The fraction of sp³-hybridized carbons (Fsp3) is 0.167. The van der Waals surface area contributed by atoms with Gasteiger partial charge in [0, 0.05) is 5.69 Å². The number of benzene rings is 1. The summed E-state index contributed by atoms with van der Waals surface area (Å²) in [6.07, 6.45) is 0. The summed E-state index contributed by atoms with van der Waals surface area (Å²) in [6.45, 7) is 3.69. The Hall–Kier alpha value is -1.93. The molecule has 0 bridgehead atoms. The van der Waals surface area contributed by atoms with E-state index in [1.807, 2.05) is 19.9 Å². The number of thiazole rings is 1. The van der Waals surface area contributed by atoms with E-state index in [1.165, 1.54) is 5.51 Å². The molecular formula is C12H12N2O4S2. The molecule has 0 atom stereocenters. The summed E-state index contributed by atoms with van der Waals surface area (Å²) in [5.41, 5.74) is 2.94. The standard InChI is InChI=1S/C12H12N2O4S2/c1-7-3-8(2)5-9(4-7)14-20(17,18)12-10(11(15)16)13-6-19-12/h3-6,14H,1-2H3,(H,15,16). The summed E-state index contributed by atoms with van der Waals surface area (Å²) < 4.78 is 26.5. The molecule has 0 fully saturated rings. The molecule has 0 amide bonds. The van der Waals surface area contributed by atoms with Gasteiger partial charge in [-0.25, -0.2) is 18.2 Å². The molecule has 0 aliphatic rings. The number of aromatic nitrogens is 1. The van der Waals surface area contributed by atoms with Crippen molar-refractivity contribution in [3.63, 3.8) is 0 Å². The van der Waals surface area contributed by atoms with Gasteiger partial charge < -0.3 is 5.11 Å². The lowest BCUT2D eigenvalue weighted by Crippen LogP contribution is -2.15. The van der Waals surface area contributed by atoms with Gasteiger partial charge in [-0.3, -0.25) is 4.72 Å². The second-order valence-corrected chi connectivity index (χ2v) is 7.01. The lowest BCUT2D eigenvalue weighted by Gasteiger charge is -2.08. The largest absolute Gasteiger partial charge is 0.476 e. The summed E-state index contributed by atoms with van der Waals surface area (Å²) in [5.74, 6) is -1.37. The van der Waals surface area contributed by atoms with Crippen LogP contribution in [-0.2, 0) is 10.0 Å². The monoisotopic (exact) mass is 312 g/mol. The van der Waals surface area contributed by atoms with Gasteiger partial charge in [0.15, 0.2) is 9.90 Å². The number of hydrogen-bond acceptors (Lipinski definition) is 5. The van der Waals surface area contributed by atoms with Gasteiger partial charge in [-0.05, 0) is 37.1 Å². The lowest BCUT2D eigenvalue weighted by molar-refractivity contribution is 0.0687. The third-order valence-corrected chi connectivity index (χ3v) is 5.21. The average molecular weight is 312 g/mol. The zero-order valence-corrected chi connectivity index (χ0v) is 12.4. The third kappa shape index (κ3) is 2.97. The number of nitrogens with one attached hydrogen (secondary N) is 1. The minimum absolute atomic E-state index is 0.302. The zero-order chi connectivity index (χ0) is 14.9. The molecule has 106 valence electrons. The van der Waals surface area contributed by atoms with Crippen molar-refractivity contribution in [1.29, 1.82) is 0 Å². The maximum absolute atomic E-state index is 12.2. The van der Waals surface area contributed by atoms with Crippen molar-refractivity contribution in [1.82, 2.24) is 4.98 Å². The molecular weight excluding hydrogens is 300 g/mol. The maximum Gasteiger partial charge on any atom is 0.356 e. The van der Waals surface area contributed by atoms with Crippen LogP contribution in [0.3, 0.4) is 0 Å². The number of hydrogen-bond donors (Lipinski definition) is 2. The predicted molar refractivity (Wildman–Crippen MR) is 75.8 cm³/mol. The Labute approximate surface area is 120 Å². The van der Waals surface area contributed by atoms with E-state index in [4.69, 9.17) is 5.11 Å². The number of aromatic carboxylic acids is 1. The van der Waals surface area contributed by atoms with Crippen molar-refractivity contribution in [3.05, 3.63) is 40.5 Å². The molecule has 0 radical (unpaired) electrons. The first-order valence-electron chi connectivity index (χ1n) is 5.57. The van der Waals surface area contributed by atoms with Crippen LogP contribution in [0.4, 0.5) is 5.69 Å². The van der Waals surface area contributed by atoms with Gasteiger partial charge in [-0.15, -0.1) is 11.3 Å². The molecule has 0 saturated carbocycles. The van der Waals surface area contributed by atoms with Crippen molar-refractivity contribution in [2.24, 2.45) is 0 Å². The van der Waals surface area contributed by atoms with Gasteiger partial charge in [0.25, 0.3) is 10.0 Å². The van der Waals surface area contributed by atoms with Crippen LogP contribution in [0.1, 0.15) is 21.6 Å².